The summed E-state index contributed by atoms with van der Waals surface area (Å²) in [7, 11) is 0. The van der Waals surface area contributed by atoms with Crippen LogP contribution in [0, 0.1) is 5.92 Å². The van der Waals surface area contributed by atoms with Crippen LogP contribution in [0.25, 0.3) is 0 Å². The Bertz CT molecular complexity index is 1320. The predicted octanol–water partition coefficient (Wildman–Crippen LogP) is 9.18. The molecule has 0 spiro atoms. The molecule has 0 amide bonds. The van der Waals surface area contributed by atoms with E-state index in [0.29, 0.717) is 41.6 Å². The highest BCUT2D eigenvalue weighted by molar-refractivity contribution is 6.36. The smallest absolute Gasteiger partial charge is 0.387 e. The number of halogens is 4. The van der Waals surface area contributed by atoms with E-state index in [4.69, 9.17) is 37.4 Å². The zero-order valence-electron chi connectivity index (χ0n) is 23.5. The van der Waals surface area contributed by atoms with Gasteiger partial charge in [-0.05, 0) is 67.5 Å². The Morgan fingerprint density at radius 3 is 2.52 bits per heavy atom. The number of aldehydes is 1. The van der Waals surface area contributed by atoms with Gasteiger partial charge in [-0.25, -0.2) is 4.79 Å². The van der Waals surface area contributed by atoms with Gasteiger partial charge in [-0.1, -0.05) is 67.4 Å². The van der Waals surface area contributed by atoms with Gasteiger partial charge in [0, 0.05) is 16.5 Å². The van der Waals surface area contributed by atoms with Crippen molar-refractivity contribution in [2.75, 3.05) is 13.2 Å². The summed E-state index contributed by atoms with van der Waals surface area (Å²) in [5.41, 5.74) is 1.13. The summed E-state index contributed by atoms with van der Waals surface area (Å²) >= 11 is 12.9. The van der Waals surface area contributed by atoms with E-state index in [0.717, 1.165) is 25.7 Å². The summed E-state index contributed by atoms with van der Waals surface area (Å²) in [5.74, 6) is -0.368. The maximum absolute atomic E-state index is 13.6. The van der Waals surface area contributed by atoms with Gasteiger partial charge in [0.1, 0.15) is 17.4 Å². The van der Waals surface area contributed by atoms with Crippen LogP contribution in [0.1, 0.15) is 78.3 Å². The minimum Gasteiger partial charge on any atom is -0.492 e. The second-order valence-electron chi connectivity index (χ2n) is 9.65. The van der Waals surface area contributed by atoms with Crippen LogP contribution in [0.2, 0.25) is 0 Å². The first-order chi connectivity index (χ1) is 20.2. The number of hydrogen-bond acceptors (Lipinski definition) is 6. The van der Waals surface area contributed by atoms with E-state index in [9.17, 15) is 18.4 Å². The number of esters is 1. The SMILES string of the molecule is C=C/C(Cl)=C(C[C@H](OC(=O)c1cccc(C=O)c1OCCCC)c1ccc(OC(F)F)c(OCC2CC2)c1)\C(Cl)=C/C. The van der Waals surface area contributed by atoms with Crippen LogP contribution in [0.4, 0.5) is 8.78 Å². The van der Waals surface area contributed by atoms with Crippen molar-refractivity contribution in [2.45, 2.75) is 58.7 Å². The van der Waals surface area contributed by atoms with Crippen molar-refractivity contribution in [3.8, 4) is 17.2 Å². The lowest BCUT2D eigenvalue weighted by molar-refractivity contribution is -0.0515. The van der Waals surface area contributed by atoms with Crippen molar-refractivity contribution in [2.24, 2.45) is 5.92 Å². The van der Waals surface area contributed by atoms with Crippen molar-refractivity contribution < 1.29 is 37.3 Å². The fourth-order valence-electron chi connectivity index (χ4n) is 4.02. The van der Waals surface area contributed by atoms with Crippen LogP contribution >= 0.6 is 23.2 Å². The first-order valence-electron chi connectivity index (χ1n) is 13.7. The molecule has 1 aliphatic rings. The Morgan fingerprint density at radius 2 is 1.90 bits per heavy atom. The monoisotopic (exact) mass is 622 g/mol. The van der Waals surface area contributed by atoms with Crippen molar-refractivity contribution in [3.63, 3.8) is 0 Å². The summed E-state index contributed by atoms with van der Waals surface area (Å²) in [5, 5.41) is 0.559. The van der Waals surface area contributed by atoms with Gasteiger partial charge in [-0.2, -0.15) is 8.78 Å². The molecule has 0 bridgehead atoms. The third kappa shape index (κ3) is 9.33. The van der Waals surface area contributed by atoms with Gasteiger partial charge in [-0.15, -0.1) is 0 Å². The Balaban J connectivity index is 2.06. The zero-order valence-corrected chi connectivity index (χ0v) is 25.1. The summed E-state index contributed by atoms with van der Waals surface area (Å²) in [6.45, 7) is 5.01. The average molecular weight is 624 g/mol. The number of para-hydroxylation sites is 1. The molecule has 42 heavy (non-hydrogen) atoms. The molecule has 2 aromatic carbocycles. The van der Waals surface area contributed by atoms with E-state index in [1.165, 1.54) is 30.3 Å². The van der Waals surface area contributed by atoms with Crippen molar-refractivity contribution in [1.82, 2.24) is 0 Å². The van der Waals surface area contributed by atoms with Gasteiger partial charge < -0.3 is 18.9 Å². The third-order valence-corrected chi connectivity index (χ3v) is 7.34. The molecule has 3 rings (SSSR count). The Kier molecular flexibility index (Phi) is 12.9. The number of hydrogen-bond donors (Lipinski definition) is 0. The average Bonchev–Trinajstić information content (AvgIpc) is 3.82. The van der Waals surface area contributed by atoms with E-state index in [1.54, 1.807) is 25.1 Å². The number of carbonyl (C=O) groups is 2. The van der Waals surface area contributed by atoms with E-state index >= 15 is 0 Å². The number of alkyl halides is 2. The third-order valence-electron chi connectivity index (χ3n) is 6.51. The normalized spacial score (nSPS) is 14.6. The van der Waals surface area contributed by atoms with Crippen LogP contribution in [0.3, 0.4) is 0 Å². The number of allylic oxidation sites excluding steroid dienone is 4. The molecular weight excluding hydrogens is 589 g/mol. The van der Waals surface area contributed by atoms with Crippen molar-refractivity contribution >= 4 is 35.5 Å². The first kappa shape index (κ1) is 33.1. The largest absolute Gasteiger partial charge is 0.492 e. The highest BCUT2D eigenvalue weighted by atomic mass is 35.5. The van der Waals surface area contributed by atoms with Gasteiger partial charge in [-0.3, -0.25) is 4.79 Å². The quantitative estimate of drug-likeness (QED) is 0.0758. The van der Waals surface area contributed by atoms with Gasteiger partial charge in [0.05, 0.1) is 18.8 Å². The molecule has 0 heterocycles. The van der Waals surface area contributed by atoms with Gasteiger partial charge >= 0.3 is 12.6 Å². The molecule has 0 unspecified atom stereocenters. The molecule has 0 aromatic heterocycles. The van der Waals surface area contributed by atoms with E-state index < -0.39 is 18.7 Å². The molecule has 0 N–H and O–H groups in total. The van der Waals surface area contributed by atoms with Crippen LogP contribution in [-0.4, -0.2) is 32.1 Å². The van der Waals surface area contributed by atoms with Gasteiger partial charge in [0.15, 0.2) is 17.8 Å². The lowest BCUT2D eigenvalue weighted by Gasteiger charge is -2.23. The Morgan fingerprint density at radius 1 is 1.14 bits per heavy atom. The summed E-state index contributed by atoms with van der Waals surface area (Å²) in [4.78, 5) is 25.4. The molecule has 1 fully saturated rings. The standard InChI is InChI=1S/C32H34Cl2F2O6/c1-4-7-15-39-30-22(18-37)9-8-10-23(30)31(38)41-28(17-24(25(33)5-2)26(34)6-3)21-13-14-27(42-32(35)36)29(16-21)40-19-20-11-12-20/h5-6,8-10,13-14,16,18,20,28,32H,2,4,7,11-12,15,17,19H2,1,3H3/b25-24+,26-6+/t28-/m0/s1. The van der Waals surface area contributed by atoms with Crippen LogP contribution in [0.15, 0.2) is 70.8 Å². The molecule has 0 aliphatic heterocycles. The summed E-state index contributed by atoms with van der Waals surface area (Å²) in [6.07, 6.45) is 6.21. The maximum Gasteiger partial charge on any atom is 0.387 e. The fraction of sp³-hybridized carbons (Fsp3) is 0.375. The molecule has 1 saturated carbocycles. The minimum absolute atomic E-state index is 0.0102. The predicted molar refractivity (Wildman–Crippen MR) is 159 cm³/mol. The van der Waals surface area contributed by atoms with Crippen LogP contribution in [0.5, 0.6) is 17.2 Å². The molecule has 0 radical (unpaired) electrons. The van der Waals surface area contributed by atoms with Crippen molar-refractivity contribution in [3.05, 3.63) is 87.5 Å². The molecule has 1 atom stereocenters. The first-order valence-corrected chi connectivity index (χ1v) is 14.4. The van der Waals surface area contributed by atoms with E-state index in [1.807, 2.05) is 6.92 Å². The van der Waals surface area contributed by atoms with E-state index in [2.05, 4.69) is 11.3 Å². The molecule has 10 heteroatoms. The number of unbranched alkanes of at least 4 members (excludes halogenated alkanes) is 1. The summed E-state index contributed by atoms with van der Waals surface area (Å²) in [6, 6.07) is 8.95. The van der Waals surface area contributed by atoms with Crippen LogP contribution in [-0.2, 0) is 4.74 Å². The number of ether oxygens (including phenoxy) is 4. The zero-order chi connectivity index (χ0) is 30.6. The second-order valence-corrected chi connectivity index (χ2v) is 10.5. The molecule has 226 valence electrons. The lowest BCUT2D eigenvalue weighted by Crippen LogP contribution is -2.16. The minimum atomic E-state index is -3.06. The highest BCUT2D eigenvalue weighted by Crippen LogP contribution is 2.40. The van der Waals surface area contributed by atoms with Crippen molar-refractivity contribution in [1.29, 1.82) is 0 Å². The number of carbonyl (C=O) groups excluding carboxylic acids is 2. The highest BCUT2D eigenvalue weighted by Gasteiger charge is 2.27. The lowest BCUT2D eigenvalue weighted by atomic mass is 9.99. The number of benzene rings is 2. The summed E-state index contributed by atoms with van der Waals surface area (Å²) < 4.78 is 48.6. The van der Waals surface area contributed by atoms with Gasteiger partial charge in [0.2, 0.25) is 0 Å². The number of rotatable bonds is 17. The van der Waals surface area contributed by atoms with Crippen LogP contribution < -0.4 is 14.2 Å². The molecule has 6 nitrogen and oxygen atoms in total. The van der Waals surface area contributed by atoms with Gasteiger partial charge in [0.25, 0.3) is 0 Å². The molecular formula is C32H34Cl2F2O6. The molecule has 2 aromatic rings. The Hall–Kier alpha value is -3.36. The Labute approximate surface area is 254 Å². The fourth-order valence-corrected chi connectivity index (χ4v) is 4.43. The molecule has 1 aliphatic carbocycles. The maximum atomic E-state index is 13.6. The molecule has 0 saturated heterocycles. The second kappa shape index (κ2) is 16.3. The van der Waals surface area contributed by atoms with E-state index in [-0.39, 0.29) is 39.8 Å². The topological polar surface area (TPSA) is 71.1 Å².